The Kier molecular flexibility index (Phi) is 7.35. The lowest BCUT2D eigenvalue weighted by atomic mass is 10.2. The fraction of sp³-hybridized carbons (Fsp3) is 0.462. The third-order valence-corrected chi connectivity index (χ3v) is 2.76. The number of carbonyl (C=O) groups excluding carboxylic acids is 1. The second-order valence-electron chi connectivity index (χ2n) is 4.36. The molecule has 2 rings (SSSR count). The number of morpholine rings is 1. The van der Waals surface area contributed by atoms with E-state index in [1.807, 2.05) is 0 Å². The van der Waals surface area contributed by atoms with E-state index in [1.165, 1.54) is 18.2 Å². The summed E-state index contributed by atoms with van der Waals surface area (Å²) in [4.78, 5) is 11.8. The van der Waals surface area contributed by atoms with Crippen LogP contribution in [0.3, 0.4) is 0 Å². The zero-order valence-corrected chi connectivity index (χ0v) is 12.0. The van der Waals surface area contributed by atoms with Crippen molar-refractivity contribution in [3.63, 3.8) is 0 Å². The maximum absolute atomic E-state index is 12.1. The van der Waals surface area contributed by atoms with Crippen molar-refractivity contribution in [1.29, 1.82) is 0 Å². The van der Waals surface area contributed by atoms with E-state index >= 15 is 0 Å². The van der Waals surface area contributed by atoms with Crippen molar-refractivity contribution >= 4 is 24.0 Å². The first-order valence-corrected chi connectivity index (χ1v) is 6.30. The van der Waals surface area contributed by atoms with Gasteiger partial charge in [-0.25, -0.2) is 0 Å². The molecule has 1 aromatic carbocycles. The highest BCUT2D eigenvalue weighted by Crippen LogP contribution is 2.19. The van der Waals surface area contributed by atoms with E-state index < -0.39 is 6.61 Å². The largest absolute Gasteiger partial charge is 0.435 e. The molecule has 0 radical (unpaired) electrons. The van der Waals surface area contributed by atoms with Gasteiger partial charge in [0.25, 0.3) is 0 Å². The van der Waals surface area contributed by atoms with Crippen molar-refractivity contribution < 1.29 is 23.0 Å². The summed E-state index contributed by atoms with van der Waals surface area (Å²) in [6.45, 7) is -0.898. The zero-order chi connectivity index (χ0) is 14.4. The molecule has 0 spiro atoms. The van der Waals surface area contributed by atoms with Crippen LogP contribution in [-0.2, 0) is 9.53 Å². The molecule has 1 fully saturated rings. The number of hydrogen-bond acceptors (Lipinski definition) is 4. The quantitative estimate of drug-likeness (QED) is 0.871. The molecule has 0 aromatic heterocycles. The van der Waals surface area contributed by atoms with E-state index in [0.29, 0.717) is 18.8 Å². The Morgan fingerprint density at radius 2 is 2.33 bits per heavy atom. The van der Waals surface area contributed by atoms with Gasteiger partial charge in [-0.1, -0.05) is 6.07 Å². The minimum absolute atomic E-state index is 0. The maximum Gasteiger partial charge on any atom is 0.387 e. The van der Waals surface area contributed by atoms with E-state index in [2.05, 4.69) is 15.4 Å². The van der Waals surface area contributed by atoms with Gasteiger partial charge in [-0.2, -0.15) is 8.78 Å². The van der Waals surface area contributed by atoms with Crippen molar-refractivity contribution in [2.24, 2.45) is 0 Å². The molecule has 5 nitrogen and oxygen atoms in total. The van der Waals surface area contributed by atoms with Crippen LogP contribution in [0.4, 0.5) is 14.5 Å². The van der Waals surface area contributed by atoms with Gasteiger partial charge in [0.2, 0.25) is 5.91 Å². The summed E-state index contributed by atoms with van der Waals surface area (Å²) in [7, 11) is 0. The Balaban J connectivity index is 0.00000220. The summed E-state index contributed by atoms with van der Waals surface area (Å²) in [5.41, 5.74) is 0.414. The Hall–Kier alpha value is -1.44. The Morgan fingerprint density at radius 1 is 1.52 bits per heavy atom. The van der Waals surface area contributed by atoms with Gasteiger partial charge >= 0.3 is 6.61 Å². The number of nitrogens with one attached hydrogen (secondary N) is 2. The van der Waals surface area contributed by atoms with Gasteiger partial charge < -0.3 is 20.1 Å². The predicted molar refractivity (Wildman–Crippen MR) is 76.2 cm³/mol. The molecule has 1 aromatic rings. The predicted octanol–water partition coefficient (Wildman–Crippen LogP) is 2.03. The van der Waals surface area contributed by atoms with E-state index in [0.717, 1.165) is 6.54 Å². The number of ether oxygens (including phenoxy) is 2. The summed E-state index contributed by atoms with van der Waals surface area (Å²) in [6, 6.07) is 5.89. The fourth-order valence-corrected chi connectivity index (χ4v) is 1.92. The summed E-state index contributed by atoms with van der Waals surface area (Å²) in [5.74, 6) is -0.221. The Labute approximate surface area is 127 Å². The van der Waals surface area contributed by atoms with Crippen LogP contribution in [0.15, 0.2) is 24.3 Å². The van der Waals surface area contributed by atoms with Gasteiger partial charge in [-0.15, -0.1) is 12.4 Å². The van der Waals surface area contributed by atoms with Crippen LogP contribution in [0.25, 0.3) is 0 Å². The molecule has 21 heavy (non-hydrogen) atoms. The van der Waals surface area contributed by atoms with E-state index in [9.17, 15) is 13.6 Å². The zero-order valence-electron chi connectivity index (χ0n) is 11.2. The topological polar surface area (TPSA) is 59.6 Å². The number of amides is 1. The molecule has 1 saturated heterocycles. The normalized spacial score (nSPS) is 18.0. The molecule has 1 heterocycles. The Morgan fingerprint density at radius 3 is 3.00 bits per heavy atom. The lowest BCUT2D eigenvalue weighted by molar-refractivity contribution is -0.119. The second-order valence-corrected chi connectivity index (χ2v) is 4.36. The molecule has 118 valence electrons. The molecular weight excluding hydrogens is 306 g/mol. The number of halogens is 3. The van der Waals surface area contributed by atoms with Crippen LogP contribution in [0.2, 0.25) is 0 Å². The highest BCUT2D eigenvalue weighted by Gasteiger charge is 2.17. The van der Waals surface area contributed by atoms with Gasteiger partial charge in [0.1, 0.15) is 5.75 Å². The monoisotopic (exact) mass is 322 g/mol. The number of rotatable bonds is 5. The highest BCUT2D eigenvalue weighted by atomic mass is 35.5. The second kappa shape index (κ2) is 8.76. The third-order valence-electron chi connectivity index (χ3n) is 2.76. The van der Waals surface area contributed by atoms with Crippen LogP contribution in [0, 0.1) is 0 Å². The van der Waals surface area contributed by atoms with Crippen molar-refractivity contribution in [2.45, 2.75) is 19.1 Å². The van der Waals surface area contributed by atoms with Gasteiger partial charge in [0.05, 0.1) is 19.1 Å². The van der Waals surface area contributed by atoms with Crippen molar-refractivity contribution in [3.05, 3.63) is 24.3 Å². The number of anilines is 1. The summed E-state index contributed by atoms with van der Waals surface area (Å²) < 4.78 is 33.9. The molecule has 8 heteroatoms. The van der Waals surface area contributed by atoms with Crippen LogP contribution in [-0.4, -0.2) is 38.3 Å². The molecule has 1 atom stereocenters. The smallest absolute Gasteiger partial charge is 0.387 e. The molecule has 1 aliphatic rings. The van der Waals surface area contributed by atoms with Gasteiger partial charge in [0.15, 0.2) is 0 Å². The lowest BCUT2D eigenvalue weighted by Crippen LogP contribution is -2.40. The van der Waals surface area contributed by atoms with Crippen LogP contribution in [0.5, 0.6) is 5.75 Å². The Bertz CT molecular complexity index is 457. The number of benzene rings is 1. The van der Waals surface area contributed by atoms with Gasteiger partial charge in [-0.05, 0) is 12.1 Å². The SMILES string of the molecule is Cl.O=C(CC1CNCCO1)Nc1cccc(OC(F)F)c1. The van der Waals surface area contributed by atoms with Gasteiger partial charge in [-0.3, -0.25) is 4.79 Å². The van der Waals surface area contributed by atoms with Gasteiger partial charge in [0, 0.05) is 24.8 Å². The minimum Gasteiger partial charge on any atom is -0.435 e. The molecule has 2 N–H and O–H groups in total. The molecule has 1 amide bonds. The fourth-order valence-electron chi connectivity index (χ4n) is 1.92. The molecule has 0 aliphatic carbocycles. The molecule has 0 bridgehead atoms. The lowest BCUT2D eigenvalue weighted by Gasteiger charge is -2.23. The minimum atomic E-state index is -2.89. The number of alkyl halides is 2. The summed E-state index contributed by atoms with van der Waals surface area (Å²) in [6.07, 6.45) is 0.0525. The first kappa shape index (κ1) is 17.6. The van der Waals surface area contributed by atoms with E-state index in [1.54, 1.807) is 6.07 Å². The van der Waals surface area contributed by atoms with Crippen LogP contribution >= 0.6 is 12.4 Å². The van der Waals surface area contributed by atoms with E-state index in [4.69, 9.17) is 4.74 Å². The highest BCUT2D eigenvalue weighted by molar-refractivity contribution is 5.91. The first-order chi connectivity index (χ1) is 9.63. The summed E-state index contributed by atoms with van der Waals surface area (Å²) >= 11 is 0. The number of hydrogen-bond donors (Lipinski definition) is 2. The van der Waals surface area contributed by atoms with E-state index in [-0.39, 0.29) is 36.6 Å². The standard InChI is InChI=1S/C13H16F2N2O3.ClH/c14-13(15)20-10-3-1-2-9(6-10)17-12(18)7-11-8-16-4-5-19-11;/h1-3,6,11,13,16H,4-5,7-8H2,(H,17,18);1H. The van der Waals surface area contributed by atoms with Crippen LogP contribution < -0.4 is 15.4 Å². The molecular formula is C13H17ClF2N2O3. The van der Waals surface area contributed by atoms with Crippen molar-refractivity contribution in [1.82, 2.24) is 5.32 Å². The number of carbonyl (C=O) groups is 1. The van der Waals surface area contributed by atoms with Crippen molar-refractivity contribution in [3.8, 4) is 5.75 Å². The van der Waals surface area contributed by atoms with Crippen LogP contribution in [0.1, 0.15) is 6.42 Å². The third kappa shape index (κ3) is 6.24. The van der Waals surface area contributed by atoms with Crippen molar-refractivity contribution in [2.75, 3.05) is 25.0 Å². The average Bonchev–Trinajstić information content (AvgIpc) is 2.39. The molecule has 1 aliphatic heterocycles. The summed E-state index contributed by atoms with van der Waals surface area (Å²) in [5, 5.41) is 5.76. The maximum atomic E-state index is 12.1. The molecule has 1 unspecified atom stereocenters. The first-order valence-electron chi connectivity index (χ1n) is 6.30. The average molecular weight is 323 g/mol. The molecule has 0 saturated carbocycles.